The molecule has 20 heavy (non-hydrogen) atoms. The number of amides is 1. The Balaban J connectivity index is 2.43. The molecule has 1 amide bonds. The minimum atomic E-state index is -0.867. The third-order valence-corrected chi connectivity index (χ3v) is 2.94. The molecule has 0 saturated heterocycles. The standard InChI is InChI=1S/C13H11ClFN3O2/c14-10-8(16)5-9(17)12(11(10)15)20-7-3-1-2-6(4-7)13(18)19/h1-5H,16-17H2,(H2,18,19). The first kappa shape index (κ1) is 14.0. The molecule has 0 heterocycles. The van der Waals surface area contributed by atoms with Crippen molar-refractivity contribution in [2.45, 2.75) is 0 Å². The number of anilines is 2. The van der Waals surface area contributed by atoms with Gasteiger partial charge in [0.2, 0.25) is 5.91 Å². The highest BCUT2D eigenvalue weighted by Crippen LogP contribution is 2.38. The summed E-state index contributed by atoms with van der Waals surface area (Å²) in [5.41, 5.74) is 16.5. The third-order valence-electron chi connectivity index (χ3n) is 2.56. The highest BCUT2D eigenvalue weighted by molar-refractivity contribution is 6.33. The molecule has 6 N–H and O–H groups in total. The first-order chi connectivity index (χ1) is 9.40. The average Bonchev–Trinajstić information content (AvgIpc) is 2.41. The Morgan fingerprint density at radius 2 is 1.90 bits per heavy atom. The summed E-state index contributed by atoms with van der Waals surface area (Å²) in [6.45, 7) is 0. The van der Waals surface area contributed by atoms with Gasteiger partial charge in [-0.25, -0.2) is 4.39 Å². The Morgan fingerprint density at radius 3 is 2.55 bits per heavy atom. The maximum Gasteiger partial charge on any atom is 0.248 e. The van der Waals surface area contributed by atoms with Crippen molar-refractivity contribution in [1.29, 1.82) is 0 Å². The lowest BCUT2D eigenvalue weighted by Crippen LogP contribution is -2.10. The molecule has 0 unspecified atom stereocenters. The lowest BCUT2D eigenvalue weighted by atomic mass is 10.2. The molecule has 0 atom stereocenters. The number of carbonyl (C=O) groups excluding carboxylic acids is 1. The Morgan fingerprint density at radius 1 is 1.20 bits per heavy atom. The van der Waals surface area contributed by atoms with Gasteiger partial charge in [-0.3, -0.25) is 4.79 Å². The van der Waals surface area contributed by atoms with Crippen molar-refractivity contribution < 1.29 is 13.9 Å². The minimum Gasteiger partial charge on any atom is -0.452 e. The molecule has 104 valence electrons. The van der Waals surface area contributed by atoms with Crippen LogP contribution in [0.5, 0.6) is 11.5 Å². The maximum atomic E-state index is 14.0. The Kier molecular flexibility index (Phi) is 3.67. The quantitative estimate of drug-likeness (QED) is 0.757. The number of hydrogen-bond acceptors (Lipinski definition) is 4. The zero-order valence-electron chi connectivity index (χ0n) is 10.2. The van der Waals surface area contributed by atoms with Crippen LogP contribution in [0.25, 0.3) is 0 Å². The first-order valence-corrected chi connectivity index (χ1v) is 5.88. The van der Waals surface area contributed by atoms with Gasteiger partial charge in [-0.2, -0.15) is 0 Å². The maximum absolute atomic E-state index is 14.0. The topological polar surface area (TPSA) is 104 Å². The fraction of sp³-hybridized carbons (Fsp3) is 0. The van der Waals surface area contributed by atoms with Gasteiger partial charge in [0.1, 0.15) is 10.8 Å². The van der Waals surface area contributed by atoms with Gasteiger partial charge in [0.05, 0.1) is 11.4 Å². The van der Waals surface area contributed by atoms with Crippen molar-refractivity contribution in [3.8, 4) is 11.5 Å². The summed E-state index contributed by atoms with van der Waals surface area (Å²) in [7, 11) is 0. The first-order valence-electron chi connectivity index (χ1n) is 5.51. The predicted octanol–water partition coefficient (Wildman–Crippen LogP) is 2.53. The number of primary amides is 1. The lowest BCUT2D eigenvalue weighted by Gasteiger charge is -2.12. The molecule has 0 aliphatic heterocycles. The van der Waals surface area contributed by atoms with Crippen molar-refractivity contribution in [2.75, 3.05) is 11.5 Å². The van der Waals surface area contributed by atoms with Crippen LogP contribution in [0.2, 0.25) is 5.02 Å². The molecule has 0 aliphatic rings. The molecule has 2 rings (SSSR count). The predicted molar refractivity (Wildman–Crippen MR) is 75.3 cm³/mol. The van der Waals surface area contributed by atoms with Gasteiger partial charge in [0.15, 0.2) is 11.6 Å². The van der Waals surface area contributed by atoms with E-state index in [0.717, 1.165) is 0 Å². The van der Waals surface area contributed by atoms with Crippen molar-refractivity contribution in [1.82, 2.24) is 0 Å². The number of benzene rings is 2. The van der Waals surface area contributed by atoms with Crippen molar-refractivity contribution in [2.24, 2.45) is 5.73 Å². The number of nitrogen functional groups attached to an aromatic ring is 2. The highest BCUT2D eigenvalue weighted by Gasteiger charge is 2.16. The molecule has 0 radical (unpaired) electrons. The summed E-state index contributed by atoms with van der Waals surface area (Å²) in [6, 6.07) is 7.23. The average molecular weight is 296 g/mol. The molecule has 0 bridgehead atoms. The Labute approximate surface area is 119 Å². The Bertz CT molecular complexity index is 692. The summed E-state index contributed by atoms with van der Waals surface area (Å²) in [5.74, 6) is -1.55. The number of carbonyl (C=O) groups is 1. The SMILES string of the molecule is NC(=O)c1cccc(Oc2c(N)cc(N)c(Cl)c2F)c1. The molecular formula is C13H11ClFN3O2. The van der Waals surface area contributed by atoms with E-state index in [1.54, 1.807) is 6.07 Å². The van der Waals surface area contributed by atoms with E-state index in [4.69, 9.17) is 33.5 Å². The second-order valence-corrected chi connectivity index (χ2v) is 4.38. The normalized spacial score (nSPS) is 10.3. The fourth-order valence-electron chi connectivity index (χ4n) is 1.58. The van der Waals surface area contributed by atoms with Crippen LogP contribution in [0.4, 0.5) is 15.8 Å². The van der Waals surface area contributed by atoms with E-state index in [9.17, 15) is 9.18 Å². The van der Waals surface area contributed by atoms with Crippen LogP contribution in [0.1, 0.15) is 10.4 Å². The third kappa shape index (κ3) is 2.60. The second-order valence-electron chi connectivity index (χ2n) is 4.01. The van der Waals surface area contributed by atoms with Crippen LogP contribution in [0, 0.1) is 5.82 Å². The molecule has 0 fully saturated rings. The van der Waals surface area contributed by atoms with Gasteiger partial charge in [0, 0.05) is 5.56 Å². The number of rotatable bonds is 3. The van der Waals surface area contributed by atoms with Crippen LogP contribution < -0.4 is 21.9 Å². The van der Waals surface area contributed by atoms with Crippen LogP contribution in [-0.4, -0.2) is 5.91 Å². The number of hydrogen-bond donors (Lipinski definition) is 3. The van der Waals surface area contributed by atoms with Gasteiger partial charge in [-0.15, -0.1) is 0 Å². The van der Waals surface area contributed by atoms with Crippen molar-refractivity contribution in [3.05, 3.63) is 46.7 Å². The van der Waals surface area contributed by atoms with Crippen LogP contribution in [0.3, 0.4) is 0 Å². The van der Waals surface area contributed by atoms with Gasteiger partial charge in [-0.1, -0.05) is 17.7 Å². The molecule has 0 spiro atoms. The van der Waals surface area contributed by atoms with Crippen LogP contribution >= 0.6 is 11.6 Å². The summed E-state index contributed by atoms with van der Waals surface area (Å²) in [4.78, 5) is 11.1. The largest absolute Gasteiger partial charge is 0.452 e. The molecule has 0 saturated carbocycles. The van der Waals surface area contributed by atoms with E-state index in [2.05, 4.69) is 0 Å². The number of nitrogens with two attached hydrogens (primary N) is 3. The zero-order valence-corrected chi connectivity index (χ0v) is 10.9. The molecule has 0 aromatic heterocycles. The monoisotopic (exact) mass is 295 g/mol. The van der Waals surface area contributed by atoms with Gasteiger partial charge >= 0.3 is 0 Å². The smallest absolute Gasteiger partial charge is 0.248 e. The van der Waals surface area contributed by atoms with Crippen LogP contribution in [0.15, 0.2) is 30.3 Å². The van der Waals surface area contributed by atoms with E-state index in [0.29, 0.717) is 0 Å². The highest BCUT2D eigenvalue weighted by atomic mass is 35.5. The molecule has 7 heteroatoms. The van der Waals surface area contributed by atoms with E-state index in [-0.39, 0.29) is 33.5 Å². The molecule has 2 aromatic rings. The van der Waals surface area contributed by atoms with Gasteiger partial charge in [-0.05, 0) is 24.3 Å². The van der Waals surface area contributed by atoms with E-state index in [1.165, 1.54) is 24.3 Å². The molecule has 0 aliphatic carbocycles. The van der Waals surface area contributed by atoms with Gasteiger partial charge < -0.3 is 21.9 Å². The molecule has 5 nitrogen and oxygen atoms in total. The summed E-state index contributed by atoms with van der Waals surface area (Å²) in [5, 5.41) is -0.278. The Hall–Kier alpha value is -2.47. The number of halogens is 2. The molecular weight excluding hydrogens is 285 g/mol. The lowest BCUT2D eigenvalue weighted by molar-refractivity contribution is 0.1000. The molecule has 2 aromatic carbocycles. The summed E-state index contributed by atoms with van der Waals surface area (Å²) in [6.07, 6.45) is 0. The van der Waals surface area contributed by atoms with E-state index >= 15 is 0 Å². The fourth-order valence-corrected chi connectivity index (χ4v) is 1.72. The second kappa shape index (κ2) is 5.26. The zero-order chi connectivity index (χ0) is 14.9. The van der Waals surface area contributed by atoms with E-state index < -0.39 is 11.7 Å². The van der Waals surface area contributed by atoms with Crippen molar-refractivity contribution >= 4 is 28.9 Å². The van der Waals surface area contributed by atoms with Gasteiger partial charge in [0.25, 0.3) is 0 Å². The van der Waals surface area contributed by atoms with E-state index in [1.807, 2.05) is 0 Å². The summed E-state index contributed by atoms with van der Waals surface area (Å²) < 4.78 is 19.3. The summed E-state index contributed by atoms with van der Waals surface area (Å²) >= 11 is 5.69. The number of ether oxygens (including phenoxy) is 1. The van der Waals surface area contributed by atoms with Crippen LogP contribution in [-0.2, 0) is 0 Å². The van der Waals surface area contributed by atoms with Crippen molar-refractivity contribution in [3.63, 3.8) is 0 Å². The minimum absolute atomic E-state index is 0.00567.